The van der Waals surface area contributed by atoms with Gasteiger partial charge >= 0.3 is 0 Å². The Morgan fingerprint density at radius 2 is 1.82 bits per heavy atom. The monoisotopic (exact) mass is 240 g/mol. The molecule has 1 aliphatic carbocycles. The molecule has 2 rings (SSSR count). The first-order chi connectivity index (χ1) is 8.08. The third kappa shape index (κ3) is 3.03. The van der Waals surface area contributed by atoms with Crippen molar-refractivity contribution in [2.75, 3.05) is 6.61 Å². The summed E-state index contributed by atoms with van der Waals surface area (Å²) in [5.41, 5.74) is -0.549. The molecule has 0 radical (unpaired) electrons. The molecule has 0 aromatic rings. The van der Waals surface area contributed by atoms with Gasteiger partial charge in [-0.05, 0) is 38.5 Å². The largest absolute Gasteiger partial charge is 0.389 e. The van der Waals surface area contributed by atoms with E-state index >= 15 is 0 Å². The first-order valence-corrected chi connectivity index (χ1v) is 7.44. The van der Waals surface area contributed by atoms with Crippen LogP contribution in [-0.4, -0.2) is 22.9 Å². The fourth-order valence-corrected chi connectivity index (χ4v) is 3.65. The highest BCUT2D eigenvalue weighted by Crippen LogP contribution is 2.43. The maximum absolute atomic E-state index is 11.0. The van der Waals surface area contributed by atoms with Crippen molar-refractivity contribution in [1.29, 1.82) is 0 Å². The smallest absolute Gasteiger partial charge is 0.0725 e. The topological polar surface area (TPSA) is 29.5 Å². The lowest BCUT2D eigenvalue weighted by Crippen LogP contribution is -2.51. The van der Waals surface area contributed by atoms with Gasteiger partial charge in [-0.1, -0.05) is 32.6 Å². The van der Waals surface area contributed by atoms with Crippen LogP contribution >= 0.6 is 0 Å². The molecule has 2 aliphatic rings. The fraction of sp³-hybridized carbons (Fsp3) is 1.00. The second-order valence-corrected chi connectivity index (χ2v) is 6.37. The first kappa shape index (κ1) is 13.4. The number of hydrogen-bond acceptors (Lipinski definition) is 2. The van der Waals surface area contributed by atoms with Crippen molar-refractivity contribution < 1.29 is 9.84 Å². The summed E-state index contributed by atoms with van der Waals surface area (Å²) in [7, 11) is 0. The molecule has 2 heteroatoms. The molecule has 17 heavy (non-hydrogen) atoms. The standard InChI is InChI=1S/C15H28O2/c1-3-14(2)12-15(16,10-11-17-14)13-8-6-4-5-7-9-13/h13,16H,3-12H2,1-2H3. The van der Waals surface area contributed by atoms with Gasteiger partial charge in [-0.25, -0.2) is 0 Å². The molecule has 2 atom stereocenters. The van der Waals surface area contributed by atoms with Crippen molar-refractivity contribution in [2.45, 2.75) is 82.8 Å². The minimum Gasteiger partial charge on any atom is -0.389 e. The van der Waals surface area contributed by atoms with E-state index in [0.717, 1.165) is 25.9 Å². The minimum atomic E-state index is -0.451. The van der Waals surface area contributed by atoms with Gasteiger partial charge in [-0.2, -0.15) is 0 Å². The third-order valence-electron chi connectivity index (χ3n) is 5.03. The highest BCUT2D eigenvalue weighted by molar-refractivity contribution is 4.96. The number of hydrogen-bond donors (Lipinski definition) is 1. The van der Waals surface area contributed by atoms with Crippen LogP contribution < -0.4 is 0 Å². The summed E-state index contributed by atoms with van der Waals surface area (Å²) < 4.78 is 5.87. The SMILES string of the molecule is CCC1(C)CC(O)(C2CCCCCC2)CCO1. The van der Waals surface area contributed by atoms with E-state index in [1.807, 2.05) is 0 Å². The zero-order valence-corrected chi connectivity index (χ0v) is 11.5. The fourth-order valence-electron chi connectivity index (χ4n) is 3.65. The summed E-state index contributed by atoms with van der Waals surface area (Å²) in [5.74, 6) is 0.514. The van der Waals surface area contributed by atoms with E-state index in [9.17, 15) is 5.11 Å². The lowest BCUT2D eigenvalue weighted by atomic mass is 9.71. The molecule has 2 nitrogen and oxygen atoms in total. The van der Waals surface area contributed by atoms with Gasteiger partial charge in [-0.15, -0.1) is 0 Å². The van der Waals surface area contributed by atoms with Crippen molar-refractivity contribution in [3.05, 3.63) is 0 Å². The van der Waals surface area contributed by atoms with Crippen molar-refractivity contribution in [3.63, 3.8) is 0 Å². The maximum atomic E-state index is 11.0. The van der Waals surface area contributed by atoms with Crippen molar-refractivity contribution in [1.82, 2.24) is 0 Å². The van der Waals surface area contributed by atoms with Crippen LogP contribution in [0.25, 0.3) is 0 Å². The van der Waals surface area contributed by atoms with E-state index in [1.54, 1.807) is 0 Å². The summed E-state index contributed by atoms with van der Waals surface area (Å²) >= 11 is 0. The molecule has 1 saturated carbocycles. The molecule has 1 saturated heterocycles. The molecule has 0 spiro atoms. The van der Waals surface area contributed by atoms with Gasteiger partial charge in [0.05, 0.1) is 17.8 Å². The summed E-state index contributed by atoms with van der Waals surface area (Å²) in [6.45, 7) is 5.06. The van der Waals surface area contributed by atoms with Gasteiger partial charge < -0.3 is 9.84 Å². The Morgan fingerprint density at radius 1 is 1.18 bits per heavy atom. The first-order valence-electron chi connectivity index (χ1n) is 7.44. The molecule has 0 amide bonds. The van der Waals surface area contributed by atoms with Gasteiger partial charge in [-0.3, -0.25) is 0 Å². The van der Waals surface area contributed by atoms with E-state index < -0.39 is 5.60 Å². The van der Waals surface area contributed by atoms with Crippen LogP contribution in [0.3, 0.4) is 0 Å². The van der Waals surface area contributed by atoms with Crippen molar-refractivity contribution in [2.24, 2.45) is 5.92 Å². The predicted octanol–water partition coefficient (Wildman–Crippen LogP) is 3.67. The van der Waals surface area contributed by atoms with Crippen LogP contribution in [0.1, 0.15) is 71.6 Å². The molecule has 0 aromatic carbocycles. The Kier molecular flexibility index (Phi) is 4.14. The van der Waals surface area contributed by atoms with E-state index in [0.29, 0.717) is 5.92 Å². The Balaban J connectivity index is 2.05. The average molecular weight is 240 g/mol. The average Bonchev–Trinajstić information content (AvgIpc) is 2.58. The quantitative estimate of drug-likeness (QED) is 0.746. The second-order valence-electron chi connectivity index (χ2n) is 6.37. The molecule has 100 valence electrons. The lowest BCUT2D eigenvalue weighted by molar-refractivity contribution is -0.175. The lowest BCUT2D eigenvalue weighted by Gasteiger charge is -2.47. The van der Waals surface area contributed by atoms with Crippen LogP contribution in [0.2, 0.25) is 0 Å². The van der Waals surface area contributed by atoms with Gasteiger partial charge in [0.15, 0.2) is 0 Å². The van der Waals surface area contributed by atoms with Crippen LogP contribution in [0.15, 0.2) is 0 Å². The Labute approximate surface area is 106 Å². The number of aliphatic hydroxyl groups is 1. The van der Waals surface area contributed by atoms with Gasteiger partial charge in [0.2, 0.25) is 0 Å². The predicted molar refractivity (Wildman–Crippen MR) is 70.0 cm³/mol. The molecule has 0 bridgehead atoms. The van der Waals surface area contributed by atoms with E-state index in [-0.39, 0.29) is 5.60 Å². The van der Waals surface area contributed by atoms with Gasteiger partial charge in [0.25, 0.3) is 0 Å². The van der Waals surface area contributed by atoms with Crippen LogP contribution in [-0.2, 0) is 4.74 Å². The highest BCUT2D eigenvalue weighted by atomic mass is 16.5. The third-order valence-corrected chi connectivity index (χ3v) is 5.03. The summed E-state index contributed by atoms with van der Waals surface area (Å²) in [5, 5.41) is 11.0. The number of rotatable bonds is 2. The minimum absolute atomic E-state index is 0.0979. The van der Waals surface area contributed by atoms with Crippen LogP contribution in [0.5, 0.6) is 0 Å². The molecular formula is C15H28O2. The van der Waals surface area contributed by atoms with Crippen molar-refractivity contribution >= 4 is 0 Å². The molecule has 2 unspecified atom stereocenters. The molecule has 2 fully saturated rings. The van der Waals surface area contributed by atoms with E-state index in [4.69, 9.17) is 4.74 Å². The summed E-state index contributed by atoms with van der Waals surface area (Å²) in [6.07, 6.45) is 10.4. The molecule has 0 aromatic heterocycles. The van der Waals surface area contributed by atoms with Crippen molar-refractivity contribution in [3.8, 4) is 0 Å². The molecule has 1 aliphatic heterocycles. The highest BCUT2D eigenvalue weighted by Gasteiger charge is 2.45. The Bertz CT molecular complexity index is 245. The zero-order valence-electron chi connectivity index (χ0n) is 11.5. The summed E-state index contributed by atoms with van der Waals surface area (Å²) in [4.78, 5) is 0. The van der Waals surface area contributed by atoms with E-state index in [2.05, 4.69) is 13.8 Å². The van der Waals surface area contributed by atoms with Crippen LogP contribution in [0.4, 0.5) is 0 Å². The van der Waals surface area contributed by atoms with Gasteiger partial charge in [0, 0.05) is 6.42 Å². The maximum Gasteiger partial charge on any atom is 0.0725 e. The normalized spacial score (nSPS) is 41.1. The Hall–Kier alpha value is -0.0800. The Morgan fingerprint density at radius 3 is 2.41 bits per heavy atom. The second kappa shape index (κ2) is 5.27. The van der Waals surface area contributed by atoms with E-state index in [1.165, 1.54) is 38.5 Å². The molecule has 1 heterocycles. The van der Waals surface area contributed by atoms with Crippen LogP contribution in [0, 0.1) is 5.92 Å². The van der Waals surface area contributed by atoms with Gasteiger partial charge in [0.1, 0.15) is 0 Å². The number of ether oxygens (including phenoxy) is 1. The molecular weight excluding hydrogens is 212 g/mol. The summed E-state index contributed by atoms with van der Waals surface area (Å²) in [6, 6.07) is 0. The zero-order chi connectivity index (χ0) is 12.4. The molecule has 1 N–H and O–H groups in total.